The zero-order valence-corrected chi connectivity index (χ0v) is 14.6. The van der Waals surface area contributed by atoms with Gasteiger partial charge in [0.05, 0.1) is 12.2 Å². The van der Waals surface area contributed by atoms with Crippen molar-refractivity contribution in [2.75, 3.05) is 6.54 Å². The largest absolute Gasteiger partial charge is 0.347 e. The van der Waals surface area contributed by atoms with E-state index in [-0.39, 0.29) is 5.41 Å². The summed E-state index contributed by atoms with van der Waals surface area (Å²) in [6.45, 7) is 13.0. The van der Waals surface area contributed by atoms with E-state index in [2.05, 4.69) is 68.3 Å². The van der Waals surface area contributed by atoms with Crippen molar-refractivity contribution in [1.29, 1.82) is 0 Å². The zero-order chi connectivity index (χ0) is 15.5. The van der Waals surface area contributed by atoms with E-state index in [4.69, 9.17) is 4.98 Å². The highest BCUT2D eigenvalue weighted by Crippen LogP contribution is 2.24. The molecular weight excluding hydrogens is 278 g/mol. The molecule has 3 nitrogen and oxygen atoms in total. The fourth-order valence-corrected chi connectivity index (χ4v) is 3.21. The molecule has 2 aromatic rings. The summed E-state index contributed by atoms with van der Waals surface area (Å²) < 4.78 is 2.23. The second-order valence-electron chi connectivity index (χ2n) is 6.67. The van der Waals surface area contributed by atoms with Crippen LogP contribution in [-0.4, -0.2) is 16.1 Å². The summed E-state index contributed by atoms with van der Waals surface area (Å²) in [6, 6.07) is 2.61. The summed E-state index contributed by atoms with van der Waals surface area (Å²) in [5.41, 5.74) is 2.67. The van der Waals surface area contributed by atoms with Crippen LogP contribution in [0.15, 0.2) is 23.8 Å². The van der Waals surface area contributed by atoms with E-state index in [1.165, 1.54) is 22.7 Å². The maximum atomic E-state index is 4.76. The molecule has 1 N–H and O–H groups in total. The number of rotatable bonds is 6. The van der Waals surface area contributed by atoms with Gasteiger partial charge in [0.2, 0.25) is 0 Å². The van der Waals surface area contributed by atoms with Crippen LogP contribution in [0.1, 0.15) is 63.3 Å². The minimum atomic E-state index is 0.134. The highest BCUT2D eigenvalue weighted by molar-refractivity contribution is 7.09. The topological polar surface area (TPSA) is 29.9 Å². The molecule has 0 saturated heterocycles. The molecule has 21 heavy (non-hydrogen) atoms. The lowest BCUT2D eigenvalue weighted by Gasteiger charge is -2.14. The molecule has 1 atom stereocenters. The Balaban J connectivity index is 2.01. The van der Waals surface area contributed by atoms with Gasteiger partial charge in [0.15, 0.2) is 0 Å². The summed E-state index contributed by atoms with van der Waals surface area (Å²) in [6.07, 6.45) is 5.54. The first-order chi connectivity index (χ1) is 9.90. The van der Waals surface area contributed by atoms with Gasteiger partial charge in [0.25, 0.3) is 0 Å². The van der Waals surface area contributed by atoms with Crippen molar-refractivity contribution in [1.82, 2.24) is 14.9 Å². The van der Waals surface area contributed by atoms with E-state index in [0.29, 0.717) is 6.04 Å². The van der Waals surface area contributed by atoms with Crippen LogP contribution in [0.3, 0.4) is 0 Å². The van der Waals surface area contributed by atoms with E-state index in [0.717, 1.165) is 13.1 Å². The summed E-state index contributed by atoms with van der Waals surface area (Å²) in [5.74, 6) is 0. The molecule has 0 saturated carbocycles. The number of thiazole rings is 1. The molecule has 0 bridgehead atoms. The molecule has 2 rings (SSSR count). The van der Waals surface area contributed by atoms with Gasteiger partial charge in [-0.05, 0) is 31.5 Å². The molecule has 0 aliphatic carbocycles. The van der Waals surface area contributed by atoms with Gasteiger partial charge in [-0.1, -0.05) is 27.7 Å². The van der Waals surface area contributed by atoms with Gasteiger partial charge in [-0.15, -0.1) is 11.3 Å². The average molecular weight is 305 g/mol. The Bertz CT molecular complexity index is 563. The molecule has 4 heteroatoms. The van der Waals surface area contributed by atoms with Crippen LogP contribution in [0.4, 0.5) is 0 Å². The number of aromatic nitrogens is 2. The fourth-order valence-electron chi connectivity index (χ4n) is 2.18. The minimum absolute atomic E-state index is 0.134. The second-order valence-corrected chi connectivity index (χ2v) is 7.61. The predicted molar refractivity (Wildman–Crippen MR) is 91.1 cm³/mol. The summed E-state index contributed by atoms with van der Waals surface area (Å²) in [5, 5.41) is 6.89. The first kappa shape index (κ1) is 16.2. The molecule has 116 valence electrons. The third-order valence-electron chi connectivity index (χ3n) is 3.61. The normalized spacial score (nSPS) is 13.6. The average Bonchev–Trinajstić information content (AvgIpc) is 3.05. The fraction of sp³-hybridized carbons (Fsp3) is 0.588. The van der Waals surface area contributed by atoms with Crippen molar-refractivity contribution in [3.63, 3.8) is 0 Å². The van der Waals surface area contributed by atoms with Gasteiger partial charge in [0, 0.05) is 29.2 Å². The predicted octanol–water partition coefficient (Wildman–Crippen LogP) is 4.35. The summed E-state index contributed by atoms with van der Waals surface area (Å²) >= 11 is 1.76. The zero-order valence-electron chi connectivity index (χ0n) is 13.8. The molecule has 0 amide bonds. The van der Waals surface area contributed by atoms with E-state index in [1.807, 2.05) is 0 Å². The van der Waals surface area contributed by atoms with Gasteiger partial charge < -0.3 is 9.88 Å². The molecule has 0 aliphatic heterocycles. The number of nitrogens with one attached hydrogen (secondary N) is 1. The Morgan fingerprint density at radius 3 is 2.76 bits per heavy atom. The Morgan fingerprint density at radius 1 is 1.38 bits per heavy atom. The van der Waals surface area contributed by atoms with Crippen LogP contribution >= 0.6 is 11.3 Å². The van der Waals surface area contributed by atoms with Gasteiger partial charge in [-0.25, -0.2) is 4.98 Å². The van der Waals surface area contributed by atoms with Crippen LogP contribution < -0.4 is 5.32 Å². The Morgan fingerprint density at radius 2 is 2.14 bits per heavy atom. The van der Waals surface area contributed by atoms with Crippen LogP contribution in [-0.2, 0) is 12.0 Å². The molecule has 0 radical (unpaired) electrons. The standard InChI is InChI=1S/C17H27N3S/c1-6-8-18-13(2)14-7-9-20(10-14)11-16-19-15(12-21-16)17(3,4)5/h7,9-10,12-13,18H,6,8,11H2,1-5H3. The van der Waals surface area contributed by atoms with Crippen molar-refractivity contribution >= 4 is 11.3 Å². The van der Waals surface area contributed by atoms with Crippen molar-refractivity contribution < 1.29 is 0 Å². The summed E-state index contributed by atoms with van der Waals surface area (Å²) in [7, 11) is 0. The van der Waals surface area contributed by atoms with Crippen LogP contribution in [0, 0.1) is 0 Å². The molecule has 0 aromatic carbocycles. The SMILES string of the molecule is CCCNC(C)c1ccn(Cc2nc(C(C)(C)C)cs2)c1. The van der Waals surface area contributed by atoms with Gasteiger partial charge >= 0.3 is 0 Å². The van der Waals surface area contributed by atoms with Gasteiger partial charge in [-0.3, -0.25) is 0 Å². The Labute approximate surface area is 132 Å². The number of hydrogen-bond acceptors (Lipinski definition) is 3. The molecule has 0 fully saturated rings. The lowest BCUT2D eigenvalue weighted by Crippen LogP contribution is -2.18. The minimum Gasteiger partial charge on any atom is -0.347 e. The third kappa shape index (κ3) is 4.42. The number of hydrogen-bond donors (Lipinski definition) is 1. The van der Waals surface area contributed by atoms with E-state index < -0.39 is 0 Å². The van der Waals surface area contributed by atoms with Crippen molar-refractivity contribution in [2.45, 2.75) is 59.0 Å². The first-order valence-corrected chi connectivity index (χ1v) is 8.62. The van der Waals surface area contributed by atoms with Crippen LogP contribution in [0.2, 0.25) is 0 Å². The quantitative estimate of drug-likeness (QED) is 0.860. The lowest BCUT2D eigenvalue weighted by atomic mass is 9.93. The van der Waals surface area contributed by atoms with Crippen molar-refractivity contribution in [3.05, 3.63) is 40.1 Å². The first-order valence-electron chi connectivity index (χ1n) is 7.74. The van der Waals surface area contributed by atoms with E-state index in [1.54, 1.807) is 11.3 Å². The van der Waals surface area contributed by atoms with Crippen molar-refractivity contribution in [2.24, 2.45) is 0 Å². The summed E-state index contributed by atoms with van der Waals surface area (Å²) in [4.78, 5) is 4.76. The second kappa shape index (κ2) is 6.75. The molecule has 0 aliphatic rings. The van der Waals surface area contributed by atoms with Crippen LogP contribution in [0.25, 0.3) is 0 Å². The molecule has 2 aromatic heterocycles. The molecule has 2 heterocycles. The Hall–Kier alpha value is -1.13. The third-order valence-corrected chi connectivity index (χ3v) is 4.45. The maximum absolute atomic E-state index is 4.76. The molecular formula is C17H27N3S. The lowest BCUT2D eigenvalue weighted by molar-refractivity contribution is 0.567. The van der Waals surface area contributed by atoms with E-state index in [9.17, 15) is 0 Å². The Kier molecular flexibility index (Phi) is 5.22. The highest BCUT2D eigenvalue weighted by atomic mass is 32.1. The van der Waals surface area contributed by atoms with Crippen molar-refractivity contribution in [3.8, 4) is 0 Å². The molecule has 0 spiro atoms. The van der Waals surface area contributed by atoms with Crippen LogP contribution in [0.5, 0.6) is 0 Å². The molecule has 1 unspecified atom stereocenters. The van der Waals surface area contributed by atoms with E-state index >= 15 is 0 Å². The van der Waals surface area contributed by atoms with Gasteiger partial charge in [0.1, 0.15) is 5.01 Å². The highest BCUT2D eigenvalue weighted by Gasteiger charge is 2.17. The van der Waals surface area contributed by atoms with Gasteiger partial charge in [-0.2, -0.15) is 0 Å². The smallest absolute Gasteiger partial charge is 0.113 e. The monoisotopic (exact) mass is 305 g/mol. The number of nitrogens with zero attached hydrogens (tertiary/aromatic N) is 2. The maximum Gasteiger partial charge on any atom is 0.113 e.